The molecule has 5 heterocycles. The molecule has 0 aliphatic heterocycles. The molecular formula is C26H17N5O2. The fourth-order valence-electron chi connectivity index (χ4n) is 3.89. The molecule has 1 N–H and O–H groups in total. The van der Waals surface area contributed by atoms with Crippen molar-refractivity contribution in [2.45, 2.75) is 6.92 Å². The predicted molar refractivity (Wildman–Crippen MR) is 127 cm³/mol. The van der Waals surface area contributed by atoms with Crippen molar-refractivity contribution in [3.05, 3.63) is 95.2 Å². The molecule has 0 saturated heterocycles. The fourth-order valence-corrected chi connectivity index (χ4v) is 3.89. The van der Waals surface area contributed by atoms with E-state index in [1.165, 1.54) is 0 Å². The van der Waals surface area contributed by atoms with Gasteiger partial charge in [-0.05, 0) is 55.5 Å². The molecule has 6 rings (SSSR count). The van der Waals surface area contributed by atoms with Crippen molar-refractivity contribution in [2.24, 2.45) is 0 Å². The average Bonchev–Trinajstić information content (AvgIpc) is 3.29. The Morgan fingerprint density at radius 1 is 0.818 bits per heavy atom. The molecule has 158 valence electrons. The lowest BCUT2D eigenvalue weighted by Gasteiger charge is -2.10. The molecule has 33 heavy (non-hydrogen) atoms. The van der Waals surface area contributed by atoms with E-state index in [9.17, 15) is 4.79 Å². The molecule has 0 bridgehead atoms. The van der Waals surface area contributed by atoms with Gasteiger partial charge in [-0.1, -0.05) is 18.2 Å². The second-order valence-corrected chi connectivity index (χ2v) is 7.70. The largest absolute Gasteiger partial charge is 0.460 e. The van der Waals surface area contributed by atoms with Crippen LogP contribution >= 0.6 is 0 Å². The number of hydrogen-bond acceptors (Lipinski definition) is 6. The topological polar surface area (TPSA) is 97.6 Å². The van der Waals surface area contributed by atoms with Crippen molar-refractivity contribution in [2.75, 3.05) is 0 Å². The number of hydrogen-bond donors (Lipinski definition) is 1. The van der Waals surface area contributed by atoms with Gasteiger partial charge in [-0.15, -0.1) is 0 Å². The van der Waals surface area contributed by atoms with Gasteiger partial charge in [0.1, 0.15) is 22.7 Å². The average molecular weight is 431 g/mol. The molecule has 0 radical (unpaired) electrons. The molecule has 0 unspecified atom stereocenters. The van der Waals surface area contributed by atoms with Crippen LogP contribution < -0.4 is 5.56 Å². The number of pyridine rings is 3. The molecule has 1 aromatic carbocycles. The quantitative estimate of drug-likeness (QED) is 0.415. The summed E-state index contributed by atoms with van der Waals surface area (Å²) in [5.74, 6) is 1.34. The van der Waals surface area contributed by atoms with E-state index in [1.54, 1.807) is 24.5 Å². The number of nitrogens with one attached hydrogen (secondary N) is 1. The van der Waals surface area contributed by atoms with Crippen LogP contribution in [0.2, 0.25) is 0 Å². The minimum absolute atomic E-state index is 0.276. The van der Waals surface area contributed by atoms with Crippen molar-refractivity contribution < 1.29 is 4.42 Å². The maximum absolute atomic E-state index is 12.8. The maximum atomic E-state index is 12.8. The minimum Gasteiger partial charge on any atom is -0.460 e. The van der Waals surface area contributed by atoms with E-state index in [-0.39, 0.29) is 5.56 Å². The van der Waals surface area contributed by atoms with E-state index in [1.807, 2.05) is 61.5 Å². The van der Waals surface area contributed by atoms with Crippen LogP contribution in [0.5, 0.6) is 0 Å². The highest BCUT2D eigenvalue weighted by molar-refractivity contribution is 5.89. The number of furan rings is 1. The Balaban J connectivity index is 1.63. The van der Waals surface area contributed by atoms with Gasteiger partial charge in [-0.3, -0.25) is 14.8 Å². The summed E-state index contributed by atoms with van der Waals surface area (Å²) in [6.07, 6.45) is 3.42. The Morgan fingerprint density at radius 2 is 1.73 bits per heavy atom. The van der Waals surface area contributed by atoms with E-state index >= 15 is 0 Å². The molecule has 6 aromatic rings. The first-order chi connectivity index (χ1) is 16.2. The summed E-state index contributed by atoms with van der Waals surface area (Å²) in [6.45, 7) is 1.88. The summed E-state index contributed by atoms with van der Waals surface area (Å²) in [7, 11) is 0. The van der Waals surface area contributed by atoms with Gasteiger partial charge in [-0.25, -0.2) is 9.97 Å². The lowest BCUT2D eigenvalue weighted by molar-refractivity contribution is 0.546. The third kappa shape index (κ3) is 3.36. The van der Waals surface area contributed by atoms with Gasteiger partial charge < -0.3 is 9.40 Å². The zero-order valence-electron chi connectivity index (χ0n) is 17.6. The standard InChI is InChI=1S/C26H17N5O2/c1-15-7-10-22(33-15)24-23(17-8-9-19-16(13-17)5-4-12-27-19)29-21-14-18(20-6-2-3-11-28-20)26(32)31-25(21)30-24/h2-14H,1H3,(H,30,31,32). The normalized spacial score (nSPS) is 11.3. The monoisotopic (exact) mass is 431 g/mol. The third-order valence-electron chi connectivity index (χ3n) is 5.47. The van der Waals surface area contributed by atoms with Crippen molar-refractivity contribution in [3.8, 4) is 34.0 Å². The van der Waals surface area contributed by atoms with Gasteiger partial charge in [-0.2, -0.15) is 0 Å². The molecule has 0 atom stereocenters. The van der Waals surface area contributed by atoms with Crippen LogP contribution in [-0.4, -0.2) is 24.9 Å². The van der Waals surface area contributed by atoms with Crippen LogP contribution in [0.15, 0.2) is 88.3 Å². The second-order valence-electron chi connectivity index (χ2n) is 7.70. The molecule has 0 aliphatic carbocycles. The first kappa shape index (κ1) is 19.1. The van der Waals surface area contributed by atoms with Gasteiger partial charge in [0.25, 0.3) is 5.56 Å². The molecular weight excluding hydrogens is 414 g/mol. The Kier molecular flexibility index (Phi) is 4.33. The SMILES string of the molecule is Cc1ccc(-c2nc3[nH]c(=O)c(-c4ccccn4)cc3nc2-c2ccc3ncccc3c2)o1. The van der Waals surface area contributed by atoms with Crippen molar-refractivity contribution >= 4 is 22.1 Å². The number of nitrogens with zero attached hydrogens (tertiary/aromatic N) is 4. The lowest BCUT2D eigenvalue weighted by Crippen LogP contribution is -2.11. The molecule has 0 spiro atoms. The van der Waals surface area contributed by atoms with Gasteiger partial charge in [0.05, 0.1) is 16.8 Å². The molecule has 0 aliphatic rings. The van der Waals surface area contributed by atoms with Gasteiger partial charge >= 0.3 is 0 Å². The summed E-state index contributed by atoms with van der Waals surface area (Å²) in [6, 6.07) is 20.8. The van der Waals surface area contributed by atoms with Crippen molar-refractivity contribution in [3.63, 3.8) is 0 Å². The van der Waals surface area contributed by atoms with E-state index < -0.39 is 0 Å². The van der Waals surface area contributed by atoms with E-state index in [0.717, 1.165) is 22.2 Å². The zero-order valence-corrected chi connectivity index (χ0v) is 17.6. The molecule has 7 nitrogen and oxygen atoms in total. The van der Waals surface area contributed by atoms with Crippen LogP contribution in [0.1, 0.15) is 5.76 Å². The van der Waals surface area contributed by atoms with Gasteiger partial charge in [0.2, 0.25) is 0 Å². The first-order valence-corrected chi connectivity index (χ1v) is 10.4. The van der Waals surface area contributed by atoms with Gasteiger partial charge in [0, 0.05) is 23.3 Å². The number of aromatic nitrogens is 5. The van der Waals surface area contributed by atoms with Crippen molar-refractivity contribution in [1.82, 2.24) is 24.9 Å². The zero-order chi connectivity index (χ0) is 22.4. The highest BCUT2D eigenvalue weighted by atomic mass is 16.3. The number of aryl methyl sites for hydroxylation is 1. The smallest absolute Gasteiger partial charge is 0.259 e. The summed E-state index contributed by atoms with van der Waals surface area (Å²) in [5, 5.41) is 0.995. The number of aromatic amines is 1. The fraction of sp³-hybridized carbons (Fsp3) is 0.0385. The number of rotatable bonds is 3. The lowest BCUT2D eigenvalue weighted by atomic mass is 10.0. The number of H-pyrrole nitrogens is 1. The Morgan fingerprint density at radius 3 is 2.55 bits per heavy atom. The van der Waals surface area contributed by atoms with Crippen LogP contribution in [-0.2, 0) is 0 Å². The first-order valence-electron chi connectivity index (χ1n) is 10.4. The Labute approximate surface area is 187 Å². The molecule has 7 heteroatoms. The predicted octanol–water partition coefficient (Wildman–Crippen LogP) is 5.16. The number of benzene rings is 1. The van der Waals surface area contributed by atoms with Crippen LogP contribution in [0, 0.1) is 6.92 Å². The summed E-state index contributed by atoms with van der Waals surface area (Å²) >= 11 is 0. The highest BCUT2D eigenvalue weighted by Gasteiger charge is 2.18. The molecule has 5 aromatic heterocycles. The summed E-state index contributed by atoms with van der Waals surface area (Å²) in [5.41, 5.74) is 4.66. The molecule has 0 amide bonds. The van der Waals surface area contributed by atoms with Gasteiger partial charge in [0.15, 0.2) is 11.4 Å². The van der Waals surface area contributed by atoms with E-state index in [0.29, 0.717) is 39.6 Å². The van der Waals surface area contributed by atoms with Crippen LogP contribution in [0.25, 0.3) is 56.0 Å². The van der Waals surface area contributed by atoms with Crippen LogP contribution in [0.3, 0.4) is 0 Å². The Hall–Kier alpha value is -4.65. The molecule has 0 fully saturated rings. The maximum Gasteiger partial charge on any atom is 0.259 e. The van der Waals surface area contributed by atoms with E-state index in [4.69, 9.17) is 14.4 Å². The Bertz CT molecular complexity index is 1700. The van der Waals surface area contributed by atoms with Crippen LogP contribution in [0.4, 0.5) is 0 Å². The number of fused-ring (bicyclic) bond motifs is 2. The van der Waals surface area contributed by atoms with E-state index in [2.05, 4.69) is 15.0 Å². The summed E-state index contributed by atoms with van der Waals surface area (Å²) < 4.78 is 5.87. The second kappa shape index (κ2) is 7.49. The highest BCUT2D eigenvalue weighted by Crippen LogP contribution is 2.33. The van der Waals surface area contributed by atoms with Crippen molar-refractivity contribution in [1.29, 1.82) is 0 Å². The minimum atomic E-state index is -0.276. The molecule has 0 saturated carbocycles. The third-order valence-corrected chi connectivity index (χ3v) is 5.47. The summed E-state index contributed by atoms with van der Waals surface area (Å²) in [4.78, 5) is 34.1.